The predicted molar refractivity (Wildman–Crippen MR) is 130 cm³/mol. The Bertz CT molecular complexity index is 1160. The maximum Gasteiger partial charge on any atom is 0.324 e. The van der Waals surface area contributed by atoms with Crippen LogP contribution in [0.2, 0.25) is 0 Å². The van der Waals surface area contributed by atoms with Crippen LogP contribution in [-0.4, -0.2) is 35.0 Å². The SMILES string of the molecule is Cc1ccccc1CN1CCCN(c2cccc(C(=O)Nc3cccc([C@H](C)O)c3)c2)C1=O. The average molecular weight is 444 g/mol. The van der Waals surface area contributed by atoms with E-state index in [4.69, 9.17) is 0 Å². The molecule has 6 heteroatoms. The number of nitrogens with zero attached hydrogens (tertiary/aromatic N) is 2. The summed E-state index contributed by atoms with van der Waals surface area (Å²) in [6.07, 6.45) is 0.248. The fraction of sp³-hybridized carbons (Fsp3) is 0.259. The van der Waals surface area contributed by atoms with Gasteiger partial charge in [-0.15, -0.1) is 0 Å². The zero-order chi connectivity index (χ0) is 23.4. The van der Waals surface area contributed by atoms with Gasteiger partial charge in [-0.05, 0) is 67.3 Å². The highest BCUT2D eigenvalue weighted by Crippen LogP contribution is 2.24. The number of nitrogens with one attached hydrogen (secondary N) is 1. The van der Waals surface area contributed by atoms with Crippen LogP contribution in [0.5, 0.6) is 0 Å². The molecule has 170 valence electrons. The van der Waals surface area contributed by atoms with Crippen molar-refractivity contribution in [1.29, 1.82) is 0 Å². The Labute approximate surface area is 194 Å². The van der Waals surface area contributed by atoms with Gasteiger partial charge in [0.1, 0.15) is 0 Å². The summed E-state index contributed by atoms with van der Waals surface area (Å²) in [4.78, 5) is 29.7. The molecule has 0 radical (unpaired) electrons. The van der Waals surface area contributed by atoms with E-state index in [-0.39, 0.29) is 11.9 Å². The summed E-state index contributed by atoms with van der Waals surface area (Å²) in [6.45, 7) is 5.64. The summed E-state index contributed by atoms with van der Waals surface area (Å²) >= 11 is 0. The lowest BCUT2D eigenvalue weighted by Gasteiger charge is -2.36. The van der Waals surface area contributed by atoms with Gasteiger partial charge in [0.05, 0.1) is 6.10 Å². The summed E-state index contributed by atoms with van der Waals surface area (Å²) in [5, 5.41) is 12.7. The van der Waals surface area contributed by atoms with Gasteiger partial charge in [-0.1, -0.05) is 42.5 Å². The Kier molecular flexibility index (Phi) is 6.75. The highest BCUT2D eigenvalue weighted by atomic mass is 16.3. The van der Waals surface area contributed by atoms with Crippen LogP contribution >= 0.6 is 0 Å². The van der Waals surface area contributed by atoms with E-state index >= 15 is 0 Å². The third-order valence-corrected chi connectivity index (χ3v) is 5.98. The summed E-state index contributed by atoms with van der Waals surface area (Å²) in [7, 11) is 0. The van der Waals surface area contributed by atoms with Gasteiger partial charge in [0.15, 0.2) is 0 Å². The van der Waals surface area contributed by atoms with Gasteiger partial charge >= 0.3 is 6.03 Å². The minimum atomic E-state index is -0.613. The average Bonchev–Trinajstić information content (AvgIpc) is 2.82. The maximum atomic E-state index is 13.2. The fourth-order valence-corrected chi connectivity index (χ4v) is 4.06. The number of amides is 3. The van der Waals surface area contributed by atoms with Gasteiger partial charge in [0, 0.05) is 36.6 Å². The molecule has 33 heavy (non-hydrogen) atoms. The molecule has 1 aliphatic heterocycles. The Hall–Kier alpha value is -3.64. The Morgan fingerprint density at radius 3 is 2.61 bits per heavy atom. The molecule has 1 heterocycles. The number of anilines is 2. The highest BCUT2D eigenvalue weighted by molar-refractivity contribution is 6.05. The monoisotopic (exact) mass is 443 g/mol. The molecule has 0 saturated carbocycles. The number of aryl methyl sites for hydroxylation is 1. The number of aliphatic hydroxyl groups is 1. The van der Waals surface area contributed by atoms with Crippen LogP contribution in [0, 0.1) is 6.92 Å². The van der Waals surface area contributed by atoms with Crippen LogP contribution in [0.1, 0.15) is 46.5 Å². The van der Waals surface area contributed by atoms with Crippen molar-refractivity contribution in [1.82, 2.24) is 4.90 Å². The molecule has 3 amide bonds. The molecule has 1 aliphatic rings. The molecule has 0 aliphatic carbocycles. The summed E-state index contributed by atoms with van der Waals surface area (Å²) < 4.78 is 0. The summed E-state index contributed by atoms with van der Waals surface area (Å²) in [5.41, 5.74) is 4.83. The van der Waals surface area contributed by atoms with Crippen molar-refractivity contribution >= 4 is 23.3 Å². The predicted octanol–water partition coefficient (Wildman–Crippen LogP) is 5.13. The van der Waals surface area contributed by atoms with Gasteiger partial charge in [-0.2, -0.15) is 0 Å². The molecule has 0 unspecified atom stereocenters. The van der Waals surface area contributed by atoms with Crippen molar-refractivity contribution in [2.75, 3.05) is 23.3 Å². The molecular weight excluding hydrogens is 414 g/mol. The van der Waals surface area contributed by atoms with Crippen molar-refractivity contribution in [2.45, 2.75) is 32.9 Å². The van der Waals surface area contributed by atoms with E-state index < -0.39 is 6.10 Å². The first-order chi connectivity index (χ1) is 15.9. The smallest absolute Gasteiger partial charge is 0.324 e. The van der Waals surface area contributed by atoms with Crippen LogP contribution in [0.4, 0.5) is 16.2 Å². The van der Waals surface area contributed by atoms with Crippen LogP contribution in [0.15, 0.2) is 72.8 Å². The first-order valence-electron chi connectivity index (χ1n) is 11.2. The van der Waals surface area contributed by atoms with E-state index in [1.807, 2.05) is 29.2 Å². The number of hydrogen-bond acceptors (Lipinski definition) is 3. The van der Waals surface area contributed by atoms with E-state index in [0.29, 0.717) is 36.6 Å². The minimum Gasteiger partial charge on any atom is -0.389 e. The zero-order valence-electron chi connectivity index (χ0n) is 19.0. The largest absolute Gasteiger partial charge is 0.389 e. The van der Waals surface area contributed by atoms with Gasteiger partial charge in [-0.3, -0.25) is 9.69 Å². The van der Waals surface area contributed by atoms with Gasteiger partial charge in [0.2, 0.25) is 0 Å². The Balaban J connectivity index is 1.49. The second-order valence-corrected chi connectivity index (χ2v) is 8.44. The van der Waals surface area contributed by atoms with Gasteiger partial charge in [0.25, 0.3) is 5.91 Å². The molecular formula is C27H29N3O3. The Morgan fingerprint density at radius 2 is 1.82 bits per heavy atom. The van der Waals surface area contributed by atoms with Crippen molar-refractivity contribution in [2.24, 2.45) is 0 Å². The van der Waals surface area contributed by atoms with Crippen LogP contribution in [0.3, 0.4) is 0 Å². The summed E-state index contributed by atoms with van der Waals surface area (Å²) in [5.74, 6) is -0.263. The number of carbonyl (C=O) groups excluding carboxylic acids is 2. The molecule has 3 aromatic rings. The third kappa shape index (κ3) is 5.23. The summed E-state index contributed by atoms with van der Waals surface area (Å²) in [6, 6.07) is 22.3. The number of carbonyl (C=O) groups is 2. The molecule has 0 aromatic heterocycles. The second-order valence-electron chi connectivity index (χ2n) is 8.44. The quantitative estimate of drug-likeness (QED) is 0.555. The standard InChI is InChI=1S/C27H29N3O3/c1-19-8-3-4-9-23(19)18-29-14-7-15-30(27(29)33)25-13-6-11-22(17-25)26(32)28-24-12-5-10-21(16-24)20(2)31/h3-6,8-13,16-17,20,31H,7,14-15,18H2,1-2H3,(H,28,32)/t20-/m0/s1. The maximum absolute atomic E-state index is 13.2. The molecule has 0 bridgehead atoms. The van der Waals surface area contributed by atoms with E-state index in [0.717, 1.165) is 17.5 Å². The topological polar surface area (TPSA) is 72.9 Å². The van der Waals surface area contributed by atoms with Gasteiger partial charge in [-0.25, -0.2) is 4.79 Å². The second kappa shape index (κ2) is 9.88. The van der Waals surface area contributed by atoms with Crippen molar-refractivity contribution in [3.63, 3.8) is 0 Å². The van der Waals surface area contributed by atoms with E-state index in [1.54, 1.807) is 48.2 Å². The number of aliphatic hydroxyl groups excluding tert-OH is 1. The molecule has 1 atom stereocenters. The zero-order valence-corrected chi connectivity index (χ0v) is 19.0. The first kappa shape index (κ1) is 22.6. The molecule has 0 spiro atoms. The van der Waals surface area contributed by atoms with E-state index in [9.17, 15) is 14.7 Å². The Morgan fingerprint density at radius 1 is 1.03 bits per heavy atom. The molecule has 1 saturated heterocycles. The molecule has 2 N–H and O–H groups in total. The lowest BCUT2D eigenvalue weighted by molar-refractivity contribution is 0.102. The number of hydrogen-bond donors (Lipinski definition) is 2. The van der Waals surface area contributed by atoms with Crippen molar-refractivity contribution in [3.05, 3.63) is 95.1 Å². The number of urea groups is 1. The fourth-order valence-electron chi connectivity index (χ4n) is 4.06. The number of benzene rings is 3. The van der Waals surface area contributed by atoms with Crippen LogP contribution in [0.25, 0.3) is 0 Å². The normalized spacial score (nSPS) is 14.8. The van der Waals surface area contributed by atoms with E-state index in [2.05, 4.69) is 24.4 Å². The molecule has 6 nitrogen and oxygen atoms in total. The molecule has 3 aromatic carbocycles. The molecule has 1 fully saturated rings. The third-order valence-electron chi connectivity index (χ3n) is 5.98. The number of rotatable bonds is 6. The lowest BCUT2D eigenvalue weighted by Crippen LogP contribution is -2.49. The van der Waals surface area contributed by atoms with Gasteiger partial charge < -0.3 is 15.3 Å². The van der Waals surface area contributed by atoms with Crippen molar-refractivity contribution < 1.29 is 14.7 Å². The highest BCUT2D eigenvalue weighted by Gasteiger charge is 2.27. The van der Waals surface area contributed by atoms with Crippen molar-refractivity contribution in [3.8, 4) is 0 Å². The van der Waals surface area contributed by atoms with Crippen LogP contribution in [-0.2, 0) is 6.54 Å². The molecule has 4 rings (SSSR count). The minimum absolute atomic E-state index is 0.0494. The lowest BCUT2D eigenvalue weighted by atomic mass is 10.1. The van der Waals surface area contributed by atoms with E-state index in [1.165, 1.54) is 5.56 Å². The first-order valence-corrected chi connectivity index (χ1v) is 11.2. The van der Waals surface area contributed by atoms with Crippen LogP contribution < -0.4 is 10.2 Å².